The molecule has 98 valence electrons. The maximum atomic E-state index is 12.8. The number of anilines is 2. The first-order valence-electron chi connectivity index (χ1n) is 5.40. The number of H-pyrrole nitrogens is 1. The van der Waals surface area contributed by atoms with Crippen molar-refractivity contribution in [1.82, 2.24) is 10.2 Å². The van der Waals surface area contributed by atoms with Gasteiger partial charge in [0.05, 0.1) is 16.8 Å². The smallest absolute Gasteiger partial charge is 0.382 e. The van der Waals surface area contributed by atoms with E-state index in [9.17, 15) is 13.2 Å². The molecular formula is C11H13F3N4. The number of hydrogen-bond acceptors (Lipinski definition) is 3. The number of fused-ring (bicyclic) bond motifs is 1. The van der Waals surface area contributed by atoms with Crippen LogP contribution in [0.5, 0.6) is 0 Å². The minimum Gasteiger partial charge on any atom is -0.382 e. The van der Waals surface area contributed by atoms with Crippen molar-refractivity contribution < 1.29 is 13.2 Å². The van der Waals surface area contributed by atoms with Crippen molar-refractivity contribution in [2.24, 2.45) is 0 Å². The molecule has 7 heteroatoms. The molecule has 0 aliphatic rings. The standard InChI is InChI=1S/C11H13F3N4/c1-5(2)16-8-4-6(11(12,13)14)3-7-9(8)17-18-10(7)15/h3-5,16H,1-2H3,(H3,15,17,18). The molecule has 0 atom stereocenters. The lowest BCUT2D eigenvalue weighted by molar-refractivity contribution is -0.137. The van der Waals surface area contributed by atoms with Gasteiger partial charge in [-0.15, -0.1) is 0 Å². The Morgan fingerprint density at radius 1 is 1.33 bits per heavy atom. The molecule has 0 saturated carbocycles. The second kappa shape index (κ2) is 4.08. The molecule has 4 nitrogen and oxygen atoms in total. The minimum absolute atomic E-state index is 0.00112. The molecule has 2 aromatic rings. The Bertz CT molecular complexity index is 571. The number of alkyl halides is 3. The van der Waals surface area contributed by atoms with Crippen molar-refractivity contribution in [3.63, 3.8) is 0 Å². The second-order valence-electron chi connectivity index (χ2n) is 4.35. The van der Waals surface area contributed by atoms with Crippen LogP contribution in [0.3, 0.4) is 0 Å². The normalized spacial score (nSPS) is 12.3. The Morgan fingerprint density at radius 2 is 2.00 bits per heavy atom. The fourth-order valence-electron chi connectivity index (χ4n) is 1.73. The van der Waals surface area contributed by atoms with Crippen molar-refractivity contribution in [3.05, 3.63) is 17.7 Å². The molecular weight excluding hydrogens is 245 g/mol. The zero-order chi connectivity index (χ0) is 13.5. The molecule has 0 aliphatic carbocycles. The predicted octanol–water partition coefficient (Wildman–Crippen LogP) is 2.98. The van der Waals surface area contributed by atoms with E-state index in [4.69, 9.17) is 5.73 Å². The number of benzene rings is 1. The highest BCUT2D eigenvalue weighted by Crippen LogP contribution is 2.36. The first-order chi connectivity index (χ1) is 8.29. The molecule has 1 heterocycles. The average molecular weight is 258 g/mol. The van der Waals surface area contributed by atoms with Crippen LogP contribution in [0.15, 0.2) is 12.1 Å². The molecule has 0 unspecified atom stereocenters. The molecule has 0 bridgehead atoms. The van der Waals surface area contributed by atoms with Gasteiger partial charge in [-0.2, -0.15) is 18.3 Å². The van der Waals surface area contributed by atoms with Gasteiger partial charge in [0.25, 0.3) is 0 Å². The molecule has 18 heavy (non-hydrogen) atoms. The van der Waals surface area contributed by atoms with Crippen LogP contribution < -0.4 is 11.1 Å². The lowest BCUT2D eigenvalue weighted by atomic mass is 10.1. The summed E-state index contributed by atoms with van der Waals surface area (Å²) in [5.41, 5.74) is 5.63. The van der Waals surface area contributed by atoms with E-state index in [0.717, 1.165) is 12.1 Å². The molecule has 4 N–H and O–H groups in total. The highest BCUT2D eigenvalue weighted by molar-refractivity contribution is 5.97. The molecule has 0 spiro atoms. The quantitative estimate of drug-likeness (QED) is 0.775. The summed E-state index contributed by atoms with van der Waals surface area (Å²) in [6.07, 6.45) is -4.41. The van der Waals surface area contributed by atoms with Crippen LogP contribution in [0.2, 0.25) is 0 Å². The van der Waals surface area contributed by atoms with E-state index in [1.807, 2.05) is 13.8 Å². The van der Waals surface area contributed by atoms with Crippen LogP contribution >= 0.6 is 0 Å². The fourth-order valence-corrected chi connectivity index (χ4v) is 1.73. The lowest BCUT2D eigenvalue weighted by Gasteiger charge is -2.14. The highest BCUT2D eigenvalue weighted by Gasteiger charge is 2.32. The van der Waals surface area contributed by atoms with E-state index >= 15 is 0 Å². The summed E-state index contributed by atoms with van der Waals surface area (Å²) in [6.45, 7) is 3.68. The maximum Gasteiger partial charge on any atom is 0.416 e. The Kier molecular flexibility index (Phi) is 2.84. The predicted molar refractivity (Wildman–Crippen MR) is 64.3 cm³/mol. The number of nitrogens with zero attached hydrogens (tertiary/aromatic N) is 1. The molecule has 0 radical (unpaired) electrons. The molecule has 0 amide bonds. The summed E-state index contributed by atoms with van der Waals surface area (Å²) < 4.78 is 38.3. The highest BCUT2D eigenvalue weighted by atomic mass is 19.4. The first kappa shape index (κ1) is 12.5. The van der Waals surface area contributed by atoms with E-state index in [-0.39, 0.29) is 17.2 Å². The number of aromatic nitrogens is 2. The summed E-state index contributed by atoms with van der Waals surface area (Å²) in [6, 6.07) is 2.06. The number of nitrogens with one attached hydrogen (secondary N) is 2. The monoisotopic (exact) mass is 258 g/mol. The lowest BCUT2D eigenvalue weighted by Crippen LogP contribution is -2.12. The van der Waals surface area contributed by atoms with E-state index in [2.05, 4.69) is 15.5 Å². The largest absolute Gasteiger partial charge is 0.416 e. The third kappa shape index (κ3) is 2.20. The van der Waals surface area contributed by atoms with Gasteiger partial charge in [0.1, 0.15) is 0 Å². The van der Waals surface area contributed by atoms with Crippen molar-refractivity contribution >= 4 is 22.4 Å². The maximum absolute atomic E-state index is 12.8. The molecule has 2 rings (SSSR count). The summed E-state index contributed by atoms with van der Waals surface area (Å²) in [5.74, 6) is 0.0582. The van der Waals surface area contributed by atoms with Crippen LogP contribution in [0.1, 0.15) is 19.4 Å². The van der Waals surface area contributed by atoms with E-state index in [1.54, 1.807) is 0 Å². The van der Waals surface area contributed by atoms with Gasteiger partial charge in [-0.3, -0.25) is 5.10 Å². The first-order valence-corrected chi connectivity index (χ1v) is 5.40. The number of aromatic amines is 1. The third-order valence-electron chi connectivity index (χ3n) is 2.47. The zero-order valence-corrected chi connectivity index (χ0v) is 9.89. The van der Waals surface area contributed by atoms with Gasteiger partial charge in [0.15, 0.2) is 5.82 Å². The number of nitrogen functional groups attached to an aromatic ring is 1. The van der Waals surface area contributed by atoms with Crippen LogP contribution in [0.25, 0.3) is 10.9 Å². The van der Waals surface area contributed by atoms with Gasteiger partial charge in [0.2, 0.25) is 0 Å². The topological polar surface area (TPSA) is 66.7 Å². The van der Waals surface area contributed by atoms with Gasteiger partial charge >= 0.3 is 6.18 Å². The SMILES string of the molecule is CC(C)Nc1cc(C(F)(F)F)cc2c(N)n[nH]c12. The summed E-state index contributed by atoms with van der Waals surface area (Å²) in [5, 5.41) is 9.59. The van der Waals surface area contributed by atoms with Gasteiger partial charge in [-0.25, -0.2) is 0 Å². The molecule has 0 fully saturated rings. The molecule has 0 aliphatic heterocycles. The number of nitrogens with two attached hydrogens (primary N) is 1. The van der Waals surface area contributed by atoms with E-state index in [1.165, 1.54) is 0 Å². The Morgan fingerprint density at radius 3 is 2.56 bits per heavy atom. The van der Waals surface area contributed by atoms with Gasteiger partial charge < -0.3 is 11.1 Å². The molecule has 1 aromatic heterocycles. The Balaban J connectivity index is 2.66. The van der Waals surface area contributed by atoms with E-state index in [0.29, 0.717) is 11.2 Å². The number of rotatable bonds is 2. The number of halogens is 3. The average Bonchev–Trinajstić information content (AvgIpc) is 2.59. The summed E-state index contributed by atoms with van der Waals surface area (Å²) in [4.78, 5) is 0. The van der Waals surface area contributed by atoms with Crippen molar-refractivity contribution in [3.8, 4) is 0 Å². The van der Waals surface area contributed by atoms with E-state index < -0.39 is 11.7 Å². The second-order valence-corrected chi connectivity index (χ2v) is 4.35. The summed E-state index contributed by atoms with van der Waals surface area (Å²) >= 11 is 0. The fraction of sp³-hybridized carbons (Fsp3) is 0.364. The van der Waals surface area contributed by atoms with Crippen LogP contribution in [0.4, 0.5) is 24.7 Å². The Hall–Kier alpha value is -1.92. The van der Waals surface area contributed by atoms with Crippen molar-refractivity contribution in [2.45, 2.75) is 26.1 Å². The van der Waals surface area contributed by atoms with Gasteiger partial charge in [0, 0.05) is 11.4 Å². The van der Waals surface area contributed by atoms with Crippen LogP contribution in [-0.4, -0.2) is 16.2 Å². The van der Waals surface area contributed by atoms with Crippen LogP contribution in [-0.2, 0) is 6.18 Å². The summed E-state index contributed by atoms with van der Waals surface area (Å²) in [7, 11) is 0. The molecule has 0 saturated heterocycles. The van der Waals surface area contributed by atoms with Crippen LogP contribution in [0, 0.1) is 0 Å². The minimum atomic E-state index is -4.41. The van der Waals surface area contributed by atoms with Gasteiger partial charge in [-0.1, -0.05) is 0 Å². The van der Waals surface area contributed by atoms with Crippen molar-refractivity contribution in [1.29, 1.82) is 0 Å². The molecule has 1 aromatic carbocycles. The number of hydrogen-bond donors (Lipinski definition) is 3. The third-order valence-corrected chi connectivity index (χ3v) is 2.47. The zero-order valence-electron chi connectivity index (χ0n) is 9.89. The Labute approximate surface area is 101 Å². The van der Waals surface area contributed by atoms with Crippen molar-refractivity contribution in [2.75, 3.05) is 11.1 Å². The van der Waals surface area contributed by atoms with Gasteiger partial charge in [-0.05, 0) is 26.0 Å².